The topological polar surface area (TPSA) is 63.4 Å². The fourth-order valence-electron chi connectivity index (χ4n) is 2.75. The Morgan fingerprint density at radius 2 is 1.87 bits per heavy atom. The van der Waals surface area contributed by atoms with E-state index in [0.29, 0.717) is 11.4 Å². The molecule has 1 atom stereocenters. The highest BCUT2D eigenvalue weighted by Gasteiger charge is 2.40. The van der Waals surface area contributed by atoms with Gasteiger partial charge in [-0.05, 0) is 37.6 Å². The van der Waals surface area contributed by atoms with Crippen molar-refractivity contribution in [3.8, 4) is 0 Å². The fourth-order valence-corrected chi connectivity index (χ4v) is 3.85. The van der Waals surface area contributed by atoms with Gasteiger partial charge in [0.05, 0.1) is 10.9 Å². The largest absolute Gasteiger partial charge is 0.398 e. The predicted molar refractivity (Wildman–Crippen MR) is 93.5 cm³/mol. The summed E-state index contributed by atoms with van der Waals surface area (Å²) in [6, 6.07) is 13.1. The smallest absolute Gasteiger partial charge is 0.247 e. The summed E-state index contributed by atoms with van der Waals surface area (Å²) in [6.07, 6.45) is 0.200. The monoisotopic (exact) mass is 326 g/mol. The number of carbonyl (C=O) groups excluding carboxylic acids is 2. The molecule has 2 aromatic carbocycles. The van der Waals surface area contributed by atoms with Gasteiger partial charge in [-0.15, -0.1) is 11.8 Å². The van der Waals surface area contributed by atoms with Gasteiger partial charge in [0.25, 0.3) is 0 Å². The zero-order valence-electron chi connectivity index (χ0n) is 13.1. The average Bonchev–Trinajstić information content (AvgIpc) is 2.77. The number of aryl methyl sites for hydroxylation is 2. The normalized spacial score (nSPS) is 17.8. The Kier molecular flexibility index (Phi) is 4.13. The first-order valence-electron chi connectivity index (χ1n) is 7.42. The van der Waals surface area contributed by atoms with Crippen LogP contribution in [0.1, 0.15) is 17.5 Å². The van der Waals surface area contributed by atoms with Crippen molar-refractivity contribution in [2.45, 2.75) is 30.4 Å². The van der Waals surface area contributed by atoms with E-state index in [1.54, 1.807) is 6.07 Å². The Labute approximate surface area is 139 Å². The van der Waals surface area contributed by atoms with Crippen molar-refractivity contribution in [3.63, 3.8) is 0 Å². The molecule has 23 heavy (non-hydrogen) atoms. The zero-order chi connectivity index (χ0) is 16.6. The molecule has 5 heteroatoms. The van der Waals surface area contributed by atoms with Crippen molar-refractivity contribution in [2.24, 2.45) is 0 Å². The van der Waals surface area contributed by atoms with Gasteiger partial charge < -0.3 is 5.73 Å². The number of nitrogens with zero attached hydrogens (tertiary/aromatic N) is 1. The van der Waals surface area contributed by atoms with E-state index >= 15 is 0 Å². The SMILES string of the molecule is Cc1ccc(N2C(=O)C[C@@H](Sc3ccccc3N)C2=O)c(C)c1. The molecule has 0 radical (unpaired) electrons. The third-order valence-electron chi connectivity index (χ3n) is 3.89. The second-order valence-corrected chi connectivity index (χ2v) is 6.95. The summed E-state index contributed by atoms with van der Waals surface area (Å²) in [5.74, 6) is -0.329. The molecule has 1 aliphatic rings. The van der Waals surface area contributed by atoms with E-state index in [4.69, 9.17) is 5.73 Å². The lowest BCUT2D eigenvalue weighted by Gasteiger charge is -2.18. The molecule has 0 aliphatic carbocycles. The van der Waals surface area contributed by atoms with Gasteiger partial charge in [0, 0.05) is 17.0 Å². The number of hydrogen-bond donors (Lipinski definition) is 1. The maximum atomic E-state index is 12.7. The number of nitrogen functional groups attached to an aromatic ring is 1. The molecule has 1 fully saturated rings. The third kappa shape index (κ3) is 2.97. The molecule has 0 bridgehead atoms. The Morgan fingerprint density at radius 3 is 2.57 bits per heavy atom. The summed E-state index contributed by atoms with van der Waals surface area (Å²) < 4.78 is 0. The van der Waals surface area contributed by atoms with Gasteiger partial charge in [-0.25, -0.2) is 4.90 Å². The highest BCUT2D eigenvalue weighted by molar-refractivity contribution is 8.00. The van der Waals surface area contributed by atoms with Crippen molar-refractivity contribution in [1.82, 2.24) is 0 Å². The van der Waals surface area contributed by atoms with Crippen LogP contribution in [0.25, 0.3) is 0 Å². The number of hydrogen-bond acceptors (Lipinski definition) is 4. The molecule has 2 amide bonds. The second-order valence-electron chi connectivity index (χ2n) is 5.71. The van der Waals surface area contributed by atoms with Crippen molar-refractivity contribution >= 4 is 35.0 Å². The van der Waals surface area contributed by atoms with Crippen LogP contribution in [-0.2, 0) is 9.59 Å². The average molecular weight is 326 g/mol. The molecule has 2 N–H and O–H groups in total. The fraction of sp³-hybridized carbons (Fsp3) is 0.222. The number of anilines is 2. The Bertz CT molecular complexity index is 788. The standard InChI is InChI=1S/C18H18N2O2S/c1-11-7-8-14(12(2)9-11)20-17(21)10-16(18(20)22)23-15-6-4-3-5-13(15)19/h3-9,16H,10,19H2,1-2H3/t16-/m1/s1. The molecule has 4 nitrogen and oxygen atoms in total. The summed E-state index contributed by atoms with van der Waals surface area (Å²) in [5, 5.41) is -0.423. The van der Waals surface area contributed by atoms with Gasteiger partial charge in [-0.2, -0.15) is 0 Å². The van der Waals surface area contributed by atoms with Crippen LogP contribution in [0.5, 0.6) is 0 Å². The maximum absolute atomic E-state index is 12.7. The van der Waals surface area contributed by atoms with Crippen LogP contribution >= 0.6 is 11.8 Å². The molecule has 1 saturated heterocycles. The van der Waals surface area contributed by atoms with E-state index in [1.807, 2.05) is 50.2 Å². The Morgan fingerprint density at radius 1 is 1.13 bits per heavy atom. The summed E-state index contributed by atoms with van der Waals surface area (Å²) >= 11 is 1.36. The lowest BCUT2D eigenvalue weighted by Crippen LogP contribution is -2.31. The molecule has 1 heterocycles. The second kappa shape index (κ2) is 6.08. The van der Waals surface area contributed by atoms with Gasteiger partial charge in [-0.1, -0.05) is 29.8 Å². The Balaban J connectivity index is 1.87. The first-order chi connectivity index (χ1) is 11.0. The third-order valence-corrected chi connectivity index (χ3v) is 5.17. The van der Waals surface area contributed by atoms with E-state index in [1.165, 1.54) is 16.7 Å². The number of carbonyl (C=O) groups is 2. The van der Waals surface area contributed by atoms with Crippen LogP contribution in [0.2, 0.25) is 0 Å². The molecule has 0 spiro atoms. The molecular weight excluding hydrogens is 308 g/mol. The van der Waals surface area contributed by atoms with Crippen LogP contribution in [0.15, 0.2) is 47.4 Å². The van der Waals surface area contributed by atoms with Crippen molar-refractivity contribution in [1.29, 1.82) is 0 Å². The van der Waals surface area contributed by atoms with Gasteiger partial charge in [0.15, 0.2) is 0 Å². The minimum atomic E-state index is -0.423. The lowest BCUT2D eigenvalue weighted by atomic mass is 10.1. The maximum Gasteiger partial charge on any atom is 0.247 e. The first-order valence-corrected chi connectivity index (χ1v) is 8.30. The molecule has 0 saturated carbocycles. The van der Waals surface area contributed by atoms with Crippen molar-refractivity contribution in [2.75, 3.05) is 10.6 Å². The minimum Gasteiger partial charge on any atom is -0.398 e. The summed E-state index contributed by atoms with van der Waals surface area (Å²) in [4.78, 5) is 27.2. The minimum absolute atomic E-state index is 0.158. The molecule has 118 valence electrons. The van der Waals surface area contributed by atoms with E-state index in [9.17, 15) is 9.59 Å². The summed E-state index contributed by atoms with van der Waals surface area (Å²) in [7, 11) is 0. The van der Waals surface area contributed by atoms with Gasteiger partial charge in [-0.3, -0.25) is 9.59 Å². The molecule has 0 unspecified atom stereocenters. The van der Waals surface area contributed by atoms with E-state index in [-0.39, 0.29) is 18.2 Å². The van der Waals surface area contributed by atoms with E-state index < -0.39 is 5.25 Å². The number of nitrogens with two attached hydrogens (primary N) is 1. The van der Waals surface area contributed by atoms with Crippen LogP contribution in [-0.4, -0.2) is 17.1 Å². The molecule has 1 aliphatic heterocycles. The lowest BCUT2D eigenvalue weighted by molar-refractivity contribution is -0.121. The van der Waals surface area contributed by atoms with Crippen molar-refractivity contribution in [3.05, 3.63) is 53.6 Å². The quantitative estimate of drug-likeness (QED) is 0.694. The predicted octanol–water partition coefficient (Wildman–Crippen LogP) is 3.31. The number of rotatable bonds is 3. The first kappa shape index (κ1) is 15.6. The number of benzene rings is 2. The summed E-state index contributed by atoms with van der Waals surface area (Å²) in [6.45, 7) is 3.90. The van der Waals surface area contributed by atoms with Gasteiger partial charge in [0.2, 0.25) is 11.8 Å². The molecule has 3 rings (SSSR count). The highest BCUT2D eigenvalue weighted by atomic mass is 32.2. The molecule has 0 aromatic heterocycles. The van der Waals surface area contributed by atoms with Gasteiger partial charge >= 0.3 is 0 Å². The molecule has 2 aromatic rings. The van der Waals surface area contributed by atoms with E-state index in [0.717, 1.165) is 16.0 Å². The van der Waals surface area contributed by atoms with Gasteiger partial charge in [0.1, 0.15) is 0 Å². The van der Waals surface area contributed by atoms with Crippen LogP contribution in [0.3, 0.4) is 0 Å². The summed E-state index contributed by atoms with van der Waals surface area (Å²) in [5.41, 5.74) is 9.27. The number of para-hydroxylation sites is 1. The number of thioether (sulfide) groups is 1. The highest BCUT2D eigenvalue weighted by Crippen LogP contribution is 2.37. The van der Waals surface area contributed by atoms with Crippen molar-refractivity contribution < 1.29 is 9.59 Å². The Hall–Kier alpha value is -2.27. The zero-order valence-corrected chi connectivity index (χ0v) is 13.9. The van der Waals surface area contributed by atoms with Crippen LogP contribution in [0.4, 0.5) is 11.4 Å². The van der Waals surface area contributed by atoms with E-state index in [2.05, 4.69) is 0 Å². The molecular formula is C18H18N2O2S. The number of imide groups is 1. The number of amides is 2. The van der Waals surface area contributed by atoms with Crippen LogP contribution < -0.4 is 10.6 Å². The van der Waals surface area contributed by atoms with Crippen LogP contribution in [0, 0.1) is 13.8 Å².